The molecule has 0 saturated heterocycles. The largest absolute Gasteiger partial charge is 0.496 e. The van der Waals surface area contributed by atoms with E-state index in [1.54, 1.807) is 14.0 Å². The number of fused-ring (bicyclic) bond motifs is 1. The predicted molar refractivity (Wildman–Crippen MR) is 73.2 cm³/mol. The van der Waals surface area contributed by atoms with Gasteiger partial charge in [0, 0.05) is 23.5 Å². The highest BCUT2D eigenvalue weighted by atomic mass is 16.5. The van der Waals surface area contributed by atoms with Crippen molar-refractivity contribution in [2.75, 3.05) is 13.7 Å². The first kappa shape index (κ1) is 13.4. The minimum Gasteiger partial charge on any atom is -0.496 e. The van der Waals surface area contributed by atoms with Gasteiger partial charge < -0.3 is 20.2 Å². The molecule has 2 rings (SSSR count). The van der Waals surface area contributed by atoms with Gasteiger partial charge in [0.2, 0.25) is 0 Å². The fourth-order valence-corrected chi connectivity index (χ4v) is 2.12. The highest BCUT2D eigenvalue weighted by Gasteiger charge is 2.18. The SMILES string of the molecule is CCOC(=O)C(N)Cc1c[nH]c2cccc(OC)c12. The molecule has 5 heteroatoms. The number of nitrogens with two attached hydrogens (primary N) is 1. The molecular weight excluding hydrogens is 244 g/mol. The van der Waals surface area contributed by atoms with Gasteiger partial charge in [-0.3, -0.25) is 4.79 Å². The molecule has 3 N–H and O–H groups in total. The zero-order valence-electron chi connectivity index (χ0n) is 11.1. The summed E-state index contributed by atoms with van der Waals surface area (Å²) < 4.78 is 10.3. The van der Waals surface area contributed by atoms with Crippen LogP contribution < -0.4 is 10.5 Å². The van der Waals surface area contributed by atoms with E-state index < -0.39 is 6.04 Å². The number of carbonyl (C=O) groups excluding carboxylic acids is 1. The lowest BCUT2D eigenvalue weighted by Crippen LogP contribution is -2.34. The Morgan fingerprint density at radius 3 is 2.95 bits per heavy atom. The maximum absolute atomic E-state index is 11.6. The van der Waals surface area contributed by atoms with Crippen molar-refractivity contribution < 1.29 is 14.3 Å². The van der Waals surface area contributed by atoms with Crippen LogP contribution in [0.2, 0.25) is 0 Å². The number of aromatic nitrogens is 1. The number of methoxy groups -OCH3 is 1. The number of rotatable bonds is 5. The Morgan fingerprint density at radius 1 is 1.47 bits per heavy atom. The Bertz CT molecular complexity index is 577. The molecule has 1 aromatic carbocycles. The van der Waals surface area contributed by atoms with Crippen LogP contribution in [0.1, 0.15) is 12.5 Å². The van der Waals surface area contributed by atoms with Crippen molar-refractivity contribution in [1.29, 1.82) is 0 Å². The van der Waals surface area contributed by atoms with Crippen LogP contribution in [0.25, 0.3) is 10.9 Å². The first-order valence-electron chi connectivity index (χ1n) is 6.22. The molecule has 1 heterocycles. The molecule has 0 radical (unpaired) electrons. The molecular formula is C14H18N2O3. The maximum Gasteiger partial charge on any atom is 0.323 e. The normalized spacial score (nSPS) is 12.4. The lowest BCUT2D eigenvalue weighted by atomic mass is 10.0. The minimum atomic E-state index is -0.663. The minimum absolute atomic E-state index is 0.337. The van der Waals surface area contributed by atoms with E-state index in [1.165, 1.54) is 0 Å². The predicted octanol–water partition coefficient (Wildman–Crippen LogP) is 1.61. The van der Waals surface area contributed by atoms with Gasteiger partial charge in [0.15, 0.2) is 0 Å². The Morgan fingerprint density at radius 2 is 2.26 bits per heavy atom. The Hall–Kier alpha value is -2.01. The quantitative estimate of drug-likeness (QED) is 0.802. The van der Waals surface area contributed by atoms with Gasteiger partial charge in [-0.15, -0.1) is 0 Å². The second-order valence-electron chi connectivity index (χ2n) is 4.26. The third-order valence-electron chi connectivity index (χ3n) is 3.00. The summed E-state index contributed by atoms with van der Waals surface area (Å²) in [7, 11) is 1.62. The molecule has 0 amide bonds. The fourth-order valence-electron chi connectivity index (χ4n) is 2.12. The molecule has 0 fully saturated rings. The van der Waals surface area contributed by atoms with Crippen LogP contribution in [0.3, 0.4) is 0 Å². The lowest BCUT2D eigenvalue weighted by Gasteiger charge is -2.10. The third kappa shape index (κ3) is 2.71. The van der Waals surface area contributed by atoms with Crippen LogP contribution in [-0.2, 0) is 16.0 Å². The smallest absolute Gasteiger partial charge is 0.323 e. The average Bonchev–Trinajstić information content (AvgIpc) is 2.82. The summed E-state index contributed by atoms with van der Waals surface area (Å²) in [5.74, 6) is 0.386. The summed E-state index contributed by atoms with van der Waals surface area (Å²) in [5, 5.41) is 0.963. The van der Waals surface area contributed by atoms with E-state index in [1.807, 2.05) is 24.4 Å². The topological polar surface area (TPSA) is 77.3 Å². The standard InChI is InChI=1S/C14H18N2O3/c1-3-19-14(17)10(15)7-9-8-16-11-5-4-6-12(18-2)13(9)11/h4-6,8,10,16H,3,7,15H2,1-2H3. The molecule has 1 aromatic heterocycles. The first-order valence-corrected chi connectivity index (χ1v) is 6.22. The van der Waals surface area contributed by atoms with Crippen molar-refractivity contribution in [3.8, 4) is 5.75 Å². The molecule has 1 atom stereocenters. The number of hydrogen-bond donors (Lipinski definition) is 2. The number of H-pyrrole nitrogens is 1. The van der Waals surface area contributed by atoms with Gasteiger partial charge in [-0.1, -0.05) is 6.07 Å². The summed E-state index contributed by atoms with van der Waals surface area (Å²) in [4.78, 5) is 14.7. The number of ether oxygens (including phenoxy) is 2. The number of nitrogens with one attached hydrogen (secondary N) is 1. The lowest BCUT2D eigenvalue weighted by molar-refractivity contribution is -0.144. The second-order valence-corrected chi connectivity index (χ2v) is 4.26. The van der Waals surface area contributed by atoms with Gasteiger partial charge in [-0.25, -0.2) is 0 Å². The number of esters is 1. The van der Waals surface area contributed by atoms with Crippen molar-refractivity contribution >= 4 is 16.9 Å². The highest BCUT2D eigenvalue weighted by Crippen LogP contribution is 2.29. The van der Waals surface area contributed by atoms with Crippen molar-refractivity contribution in [1.82, 2.24) is 4.98 Å². The second kappa shape index (κ2) is 5.75. The van der Waals surface area contributed by atoms with Gasteiger partial charge in [-0.05, 0) is 24.6 Å². The molecule has 0 aliphatic heterocycles. The molecule has 5 nitrogen and oxygen atoms in total. The van der Waals surface area contributed by atoms with Crippen LogP contribution in [0, 0.1) is 0 Å². The van der Waals surface area contributed by atoms with E-state index in [2.05, 4.69) is 4.98 Å². The van der Waals surface area contributed by atoms with Gasteiger partial charge in [0.25, 0.3) is 0 Å². The van der Waals surface area contributed by atoms with E-state index in [0.717, 1.165) is 22.2 Å². The van der Waals surface area contributed by atoms with Crippen LogP contribution in [0.15, 0.2) is 24.4 Å². The zero-order chi connectivity index (χ0) is 13.8. The Kier molecular flexibility index (Phi) is 4.06. The van der Waals surface area contributed by atoms with Crippen molar-refractivity contribution in [2.24, 2.45) is 5.73 Å². The summed E-state index contributed by atoms with van der Waals surface area (Å²) in [6.45, 7) is 2.10. The van der Waals surface area contributed by atoms with Crippen molar-refractivity contribution in [3.63, 3.8) is 0 Å². The summed E-state index contributed by atoms with van der Waals surface area (Å²) in [6.07, 6.45) is 2.27. The molecule has 0 saturated carbocycles. The third-order valence-corrected chi connectivity index (χ3v) is 3.00. The van der Waals surface area contributed by atoms with Crippen LogP contribution >= 0.6 is 0 Å². The highest BCUT2D eigenvalue weighted by molar-refractivity contribution is 5.90. The molecule has 2 aromatic rings. The molecule has 1 unspecified atom stereocenters. The number of carbonyl (C=O) groups is 1. The number of hydrogen-bond acceptors (Lipinski definition) is 4. The summed E-state index contributed by atoms with van der Waals surface area (Å²) in [5.41, 5.74) is 7.76. The van der Waals surface area contributed by atoms with E-state index >= 15 is 0 Å². The van der Waals surface area contributed by atoms with Gasteiger partial charge >= 0.3 is 5.97 Å². The molecule has 0 bridgehead atoms. The van der Waals surface area contributed by atoms with Crippen LogP contribution in [0.4, 0.5) is 0 Å². The maximum atomic E-state index is 11.6. The molecule has 102 valence electrons. The Labute approximate surface area is 111 Å². The van der Waals surface area contributed by atoms with Crippen molar-refractivity contribution in [3.05, 3.63) is 30.0 Å². The molecule has 19 heavy (non-hydrogen) atoms. The summed E-state index contributed by atoms with van der Waals surface area (Å²) >= 11 is 0. The number of benzene rings is 1. The fraction of sp³-hybridized carbons (Fsp3) is 0.357. The number of aromatic amines is 1. The van der Waals surface area contributed by atoms with Gasteiger partial charge in [0.1, 0.15) is 11.8 Å². The molecule has 0 aliphatic rings. The first-order chi connectivity index (χ1) is 9.17. The van der Waals surface area contributed by atoms with E-state index in [0.29, 0.717) is 13.0 Å². The van der Waals surface area contributed by atoms with Crippen molar-refractivity contribution in [2.45, 2.75) is 19.4 Å². The van der Waals surface area contributed by atoms with E-state index in [4.69, 9.17) is 15.2 Å². The zero-order valence-corrected chi connectivity index (χ0v) is 11.1. The van der Waals surface area contributed by atoms with E-state index in [-0.39, 0.29) is 5.97 Å². The average molecular weight is 262 g/mol. The van der Waals surface area contributed by atoms with Crippen LogP contribution in [-0.4, -0.2) is 30.7 Å². The van der Waals surface area contributed by atoms with E-state index in [9.17, 15) is 4.79 Å². The van der Waals surface area contributed by atoms with Crippen LogP contribution in [0.5, 0.6) is 5.75 Å². The summed E-state index contributed by atoms with van der Waals surface area (Å²) in [6, 6.07) is 5.09. The Balaban J connectivity index is 2.28. The molecule has 0 aliphatic carbocycles. The monoisotopic (exact) mass is 262 g/mol. The van der Waals surface area contributed by atoms with Gasteiger partial charge in [-0.2, -0.15) is 0 Å². The molecule has 0 spiro atoms. The van der Waals surface area contributed by atoms with Gasteiger partial charge in [0.05, 0.1) is 13.7 Å².